The normalized spacial score (nSPS) is 27.2. The topological polar surface area (TPSA) is 51.2 Å². The van der Waals surface area contributed by atoms with Crippen molar-refractivity contribution in [3.63, 3.8) is 0 Å². The summed E-state index contributed by atoms with van der Waals surface area (Å²) in [5.41, 5.74) is 2.31. The Hall–Kier alpha value is -2.31. The van der Waals surface area contributed by atoms with Gasteiger partial charge in [0.15, 0.2) is 5.79 Å². The summed E-state index contributed by atoms with van der Waals surface area (Å²) in [7, 11) is 0. The minimum Gasteiger partial charge on any atom is -0.491 e. The molecule has 28 heavy (non-hydrogen) atoms. The third kappa shape index (κ3) is 4.08. The number of piperazine rings is 1. The summed E-state index contributed by atoms with van der Waals surface area (Å²) in [4.78, 5) is 15.6. The Balaban J connectivity index is 1.26. The van der Waals surface area contributed by atoms with Gasteiger partial charge in [-0.25, -0.2) is 0 Å². The molecular weight excluding hydrogens is 356 g/mol. The van der Waals surface area contributed by atoms with Crippen molar-refractivity contribution in [3.05, 3.63) is 48.1 Å². The van der Waals surface area contributed by atoms with Crippen LogP contribution in [0.2, 0.25) is 0 Å². The number of amides is 1. The first-order valence-corrected chi connectivity index (χ1v) is 9.95. The number of anilines is 1. The van der Waals surface area contributed by atoms with Gasteiger partial charge in [-0.1, -0.05) is 18.2 Å². The average molecular weight is 384 g/mol. The van der Waals surface area contributed by atoms with Crippen LogP contribution in [0.4, 0.5) is 5.69 Å². The fourth-order valence-electron chi connectivity index (χ4n) is 3.89. The molecule has 0 N–H and O–H groups in total. The van der Waals surface area contributed by atoms with Crippen molar-refractivity contribution in [3.8, 4) is 5.75 Å². The van der Waals surface area contributed by atoms with E-state index in [1.165, 1.54) is 0 Å². The first-order valence-electron chi connectivity index (χ1n) is 9.95. The van der Waals surface area contributed by atoms with Crippen LogP contribution in [-0.4, -0.2) is 62.1 Å². The molecule has 0 aromatic heterocycles. The third-order valence-corrected chi connectivity index (χ3v) is 5.65. The highest BCUT2D eigenvalue weighted by molar-refractivity contribution is 5.73. The highest BCUT2D eigenvalue weighted by Gasteiger charge is 2.40. The Morgan fingerprint density at radius 3 is 2.61 bits per heavy atom. The van der Waals surface area contributed by atoms with Crippen LogP contribution in [0.5, 0.6) is 5.75 Å². The zero-order valence-electron chi connectivity index (χ0n) is 16.6. The number of allylic oxidation sites excluding steroid dienone is 3. The van der Waals surface area contributed by atoms with Gasteiger partial charge < -0.3 is 24.0 Å². The van der Waals surface area contributed by atoms with Gasteiger partial charge in [0.1, 0.15) is 18.5 Å². The summed E-state index contributed by atoms with van der Waals surface area (Å²) in [6.45, 7) is 7.87. The smallest absolute Gasteiger partial charge is 0.219 e. The van der Waals surface area contributed by atoms with Gasteiger partial charge in [-0.3, -0.25) is 4.79 Å². The monoisotopic (exact) mass is 384 g/mol. The maximum Gasteiger partial charge on any atom is 0.219 e. The molecule has 3 aliphatic rings. The second kappa shape index (κ2) is 7.97. The van der Waals surface area contributed by atoms with Gasteiger partial charge in [-0.05, 0) is 43.2 Å². The van der Waals surface area contributed by atoms with E-state index in [4.69, 9.17) is 14.2 Å². The summed E-state index contributed by atoms with van der Waals surface area (Å²) < 4.78 is 17.9. The third-order valence-electron chi connectivity index (χ3n) is 5.65. The zero-order valence-corrected chi connectivity index (χ0v) is 16.6. The Morgan fingerprint density at radius 2 is 1.96 bits per heavy atom. The zero-order chi connectivity index (χ0) is 19.6. The van der Waals surface area contributed by atoms with E-state index in [0.29, 0.717) is 13.2 Å². The van der Waals surface area contributed by atoms with Gasteiger partial charge in [0.2, 0.25) is 5.91 Å². The molecule has 1 amide bonds. The lowest BCUT2D eigenvalue weighted by Gasteiger charge is -2.35. The number of nitrogens with zero attached hydrogens (tertiary/aromatic N) is 2. The molecule has 2 heterocycles. The number of carbonyl (C=O) groups excluding carboxylic acids is 1. The molecule has 2 fully saturated rings. The van der Waals surface area contributed by atoms with Crippen LogP contribution in [0.1, 0.15) is 20.3 Å². The molecule has 0 spiro atoms. The predicted molar refractivity (Wildman–Crippen MR) is 107 cm³/mol. The number of benzene rings is 1. The van der Waals surface area contributed by atoms with Crippen LogP contribution in [0.25, 0.3) is 0 Å². The lowest BCUT2D eigenvalue weighted by Crippen LogP contribution is -2.48. The van der Waals surface area contributed by atoms with E-state index in [0.717, 1.165) is 49.6 Å². The van der Waals surface area contributed by atoms with Crippen LogP contribution in [-0.2, 0) is 14.3 Å². The van der Waals surface area contributed by atoms with Crippen molar-refractivity contribution >= 4 is 11.6 Å². The van der Waals surface area contributed by atoms with Crippen LogP contribution >= 0.6 is 0 Å². The molecule has 2 saturated heterocycles. The summed E-state index contributed by atoms with van der Waals surface area (Å²) in [6.07, 6.45) is 7.02. The van der Waals surface area contributed by atoms with Crippen LogP contribution in [0.3, 0.4) is 0 Å². The minimum atomic E-state index is -0.636. The summed E-state index contributed by atoms with van der Waals surface area (Å²) in [5, 5.41) is 0. The second-order valence-electron chi connectivity index (χ2n) is 7.62. The van der Waals surface area contributed by atoms with Crippen molar-refractivity contribution in [2.45, 2.75) is 32.2 Å². The fraction of sp³-hybridized carbons (Fsp3) is 0.500. The van der Waals surface area contributed by atoms with Gasteiger partial charge >= 0.3 is 0 Å². The molecule has 4 rings (SSSR count). The highest BCUT2D eigenvalue weighted by atomic mass is 16.7. The van der Waals surface area contributed by atoms with Gasteiger partial charge in [0.05, 0.1) is 6.61 Å². The summed E-state index contributed by atoms with van der Waals surface area (Å²) in [5.74, 6) is 0.340. The van der Waals surface area contributed by atoms with Gasteiger partial charge in [-0.2, -0.15) is 0 Å². The largest absolute Gasteiger partial charge is 0.491 e. The van der Waals surface area contributed by atoms with E-state index in [2.05, 4.69) is 29.2 Å². The molecule has 2 aliphatic heterocycles. The Bertz CT molecular complexity index is 765. The van der Waals surface area contributed by atoms with Crippen molar-refractivity contribution in [2.24, 2.45) is 0 Å². The molecule has 1 aromatic carbocycles. The van der Waals surface area contributed by atoms with E-state index >= 15 is 0 Å². The quantitative estimate of drug-likeness (QED) is 0.781. The molecule has 0 bridgehead atoms. The first-order chi connectivity index (χ1) is 13.5. The van der Waals surface area contributed by atoms with Crippen molar-refractivity contribution in [2.75, 3.05) is 44.3 Å². The summed E-state index contributed by atoms with van der Waals surface area (Å²) in [6, 6.07) is 8.13. The Labute approximate surface area is 166 Å². The number of hydrogen-bond donors (Lipinski definition) is 0. The SMILES string of the molecule is CC(=O)N1CCN(c2ccc(OCC3COC(C)(C4=CC=CC4)O3)cc2)CC1. The van der Waals surface area contributed by atoms with Gasteiger partial charge in [0.25, 0.3) is 0 Å². The van der Waals surface area contributed by atoms with Crippen LogP contribution in [0, 0.1) is 0 Å². The molecule has 0 saturated carbocycles. The summed E-state index contributed by atoms with van der Waals surface area (Å²) >= 11 is 0. The van der Waals surface area contributed by atoms with Crippen molar-refractivity contribution < 1.29 is 19.0 Å². The molecule has 6 nitrogen and oxygen atoms in total. The van der Waals surface area contributed by atoms with E-state index in [1.54, 1.807) is 6.92 Å². The molecular formula is C22H28N2O4. The Morgan fingerprint density at radius 1 is 1.21 bits per heavy atom. The minimum absolute atomic E-state index is 0.0779. The lowest BCUT2D eigenvalue weighted by molar-refractivity contribution is -0.129. The molecule has 2 unspecified atom stereocenters. The van der Waals surface area contributed by atoms with Crippen LogP contribution < -0.4 is 9.64 Å². The van der Waals surface area contributed by atoms with Crippen molar-refractivity contribution in [1.29, 1.82) is 0 Å². The molecule has 2 atom stereocenters. The maximum atomic E-state index is 11.4. The van der Waals surface area contributed by atoms with Gasteiger partial charge in [0, 0.05) is 38.8 Å². The van der Waals surface area contributed by atoms with E-state index < -0.39 is 5.79 Å². The first kappa shape index (κ1) is 19.0. The molecule has 150 valence electrons. The lowest BCUT2D eigenvalue weighted by atomic mass is 10.1. The number of carbonyl (C=O) groups is 1. The number of rotatable bonds is 5. The maximum absolute atomic E-state index is 11.4. The number of hydrogen-bond acceptors (Lipinski definition) is 5. The number of ether oxygens (including phenoxy) is 3. The average Bonchev–Trinajstić information content (AvgIpc) is 3.38. The van der Waals surface area contributed by atoms with Crippen molar-refractivity contribution in [1.82, 2.24) is 4.90 Å². The fourth-order valence-corrected chi connectivity index (χ4v) is 3.89. The van der Waals surface area contributed by atoms with Gasteiger partial charge in [-0.15, -0.1) is 0 Å². The Kier molecular flexibility index (Phi) is 5.42. The molecule has 1 aliphatic carbocycles. The van der Waals surface area contributed by atoms with E-state index in [9.17, 15) is 4.79 Å². The van der Waals surface area contributed by atoms with Crippen LogP contribution in [0.15, 0.2) is 48.1 Å². The highest BCUT2D eigenvalue weighted by Crippen LogP contribution is 2.35. The van der Waals surface area contributed by atoms with E-state index in [1.807, 2.05) is 30.0 Å². The standard InChI is InChI=1S/C22H28N2O4/c1-17(25)23-11-13-24(14-12-23)19-7-9-20(10-8-19)26-15-21-16-27-22(2,28-21)18-5-3-4-6-18/h3-5,7-10,21H,6,11-16H2,1-2H3. The molecule has 0 radical (unpaired) electrons. The van der Waals surface area contributed by atoms with E-state index in [-0.39, 0.29) is 12.0 Å². The molecule has 1 aromatic rings. The molecule has 6 heteroatoms. The predicted octanol–water partition coefficient (Wildman–Crippen LogP) is 2.75. The second-order valence-corrected chi connectivity index (χ2v) is 7.62.